The van der Waals surface area contributed by atoms with E-state index in [4.69, 9.17) is 14.2 Å². The number of nitrogens with zero attached hydrogens (tertiary/aromatic N) is 3. The molecule has 6 heteroatoms. The van der Waals surface area contributed by atoms with Gasteiger partial charge >= 0.3 is 0 Å². The summed E-state index contributed by atoms with van der Waals surface area (Å²) in [5.41, 5.74) is 3.08. The van der Waals surface area contributed by atoms with E-state index in [2.05, 4.69) is 29.1 Å². The lowest BCUT2D eigenvalue weighted by Gasteiger charge is -2.17. The summed E-state index contributed by atoms with van der Waals surface area (Å²) < 4.78 is 18.5. The van der Waals surface area contributed by atoms with Gasteiger partial charge in [0, 0.05) is 20.1 Å². The average molecular weight is 369 g/mol. The first-order valence-corrected chi connectivity index (χ1v) is 9.13. The van der Waals surface area contributed by atoms with Crippen LogP contribution in [0.15, 0.2) is 42.6 Å². The second-order valence-corrected chi connectivity index (χ2v) is 6.85. The minimum Gasteiger partial charge on any atom is -0.491 e. The van der Waals surface area contributed by atoms with Crippen LogP contribution in [0.4, 0.5) is 0 Å². The molecule has 0 spiro atoms. The van der Waals surface area contributed by atoms with Gasteiger partial charge in [0.25, 0.3) is 0 Å². The molecule has 0 amide bonds. The van der Waals surface area contributed by atoms with Crippen molar-refractivity contribution < 1.29 is 14.2 Å². The van der Waals surface area contributed by atoms with Gasteiger partial charge < -0.3 is 14.2 Å². The third-order valence-electron chi connectivity index (χ3n) is 4.76. The molecule has 1 aromatic carbocycles. The molecule has 3 rings (SSSR count). The van der Waals surface area contributed by atoms with Crippen LogP contribution in [0.2, 0.25) is 0 Å². The quantitative estimate of drug-likeness (QED) is 0.563. The van der Waals surface area contributed by atoms with Crippen molar-refractivity contribution in [3.8, 4) is 5.75 Å². The fourth-order valence-corrected chi connectivity index (χ4v) is 3.13. The van der Waals surface area contributed by atoms with Crippen LogP contribution >= 0.6 is 0 Å². The number of ether oxygens (including phenoxy) is 3. The van der Waals surface area contributed by atoms with E-state index in [0.717, 1.165) is 17.0 Å². The van der Waals surface area contributed by atoms with Gasteiger partial charge in [0.15, 0.2) is 17.8 Å². The molecule has 0 fully saturated rings. The minimum absolute atomic E-state index is 0.0817. The second-order valence-electron chi connectivity index (χ2n) is 6.85. The molecule has 2 aromatic heterocycles. The van der Waals surface area contributed by atoms with Crippen molar-refractivity contribution >= 4 is 5.65 Å². The molecule has 0 N–H and O–H groups in total. The number of hydrogen-bond acceptors (Lipinski definition) is 5. The number of hydrogen-bond donors (Lipinski definition) is 0. The van der Waals surface area contributed by atoms with Crippen molar-refractivity contribution in [3.05, 3.63) is 59.5 Å². The van der Waals surface area contributed by atoms with Crippen molar-refractivity contribution in [2.75, 3.05) is 20.8 Å². The zero-order valence-corrected chi connectivity index (χ0v) is 16.5. The van der Waals surface area contributed by atoms with Gasteiger partial charge in [-0.25, -0.2) is 9.50 Å². The van der Waals surface area contributed by atoms with Crippen molar-refractivity contribution in [3.63, 3.8) is 0 Å². The van der Waals surface area contributed by atoms with E-state index >= 15 is 0 Å². The van der Waals surface area contributed by atoms with E-state index in [1.54, 1.807) is 18.7 Å². The molecule has 0 bridgehead atoms. The first kappa shape index (κ1) is 19.3. The number of rotatable bonds is 8. The van der Waals surface area contributed by atoms with Crippen LogP contribution in [-0.4, -0.2) is 41.7 Å². The summed E-state index contributed by atoms with van der Waals surface area (Å²) in [7, 11) is 3.23. The summed E-state index contributed by atoms with van der Waals surface area (Å²) in [6.07, 6.45) is 1.49. The largest absolute Gasteiger partial charge is 0.491 e. The Morgan fingerprint density at radius 1 is 1.07 bits per heavy atom. The van der Waals surface area contributed by atoms with E-state index in [1.807, 2.05) is 44.3 Å². The molecule has 0 aliphatic carbocycles. The van der Waals surface area contributed by atoms with Gasteiger partial charge in [0.1, 0.15) is 5.75 Å². The smallest absolute Gasteiger partial charge is 0.166 e. The second kappa shape index (κ2) is 8.50. The molecule has 2 unspecified atom stereocenters. The van der Waals surface area contributed by atoms with Crippen LogP contribution in [0, 0.1) is 6.92 Å². The van der Waals surface area contributed by atoms with Crippen molar-refractivity contribution in [1.82, 2.24) is 14.6 Å². The molecule has 6 nitrogen and oxygen atoms in total. The van der Waals surface area contributed by atoms with Gasteiger partial charge in [0.2, 0.25) is 0 Å². The highest BCUT2D eigenvalue weighted by atomic mass is 16.7. The Bertz CT molecular complexity index is 875. The molecule has 0 radical (unpaired) electrons. The van der Waals surface area contributed by atoms with Crippen LogP contribution in [0.5, 0.6) is 5.75 Å². The predicted molar refractivity (Wildman–Crippen MR) is 104 cm³/mol. The average Bonchev–Trinajstić information content (AvgIpc) is 3.12. The highest BCUT2D eigenvalue weighted by Crippen LogP contribution is 2.24. The van der Waals surface area contributed by atoms with Gasteiger partial charge in [-0.1, -0.05) is 44.2 Å². The summed E-state index contributed by atoms with van der Waals surface area (Å²) in [6, 6.07) is 12.4. The summed E-state index contributed by atoms with van der Waals surface area (Å²) in [5, 5.41) is 4.60. The Morgan fingerprint density at radius 3 is 2.44 bits per heavy atom. The Kier molecular flexibility index (Phi) is 6.08. The molecule has 0 saturated heterocycles. The minimum atomic E-state index is -0.384. The number of aromatic nitrogens is 3. The van der Waals surface area contributed by atoms with Crippen molar-refractivity contribution in [2.24, 2.45) is 0 Å². The molecular weight excluding hydrogens is 342 g/mol. The van der Waals surface area contributed by atoms with Gasteiger partial charge in [0.05, 0.1) is 18.7 Å². The van der Waals surface area contributed by atoms with Crippen LogP contribution in [-0.2, 0) is 9.47 Å². The lowest BCUT2D eigenvalue weighted by Crippen LogP contribution is -2.21. The zero-order valence-electron chi connectivity index (χ0n) is 16.5. The highest BCUT2D eigenvalue weighted by molar-refractivity contribution is 5.49. The Morgan fingerprint density at radius 2 is 1.78 bits per heavy atom. The van der Waals surface area contributed by atoms with Crippen molar-refractivity contribution in [1.29, 1.82) is 0 Å². The SMILES string of the molecule is COC(OC)C(C)c1nc2c(C)cc(OCC(C)c3ccccc3)cn2n1. The van der Waals surface area contributed by atoms with E-state index in [1.165, 1.54) is 5.56 Å². The lowest BCUT2D eigenvalue weighted by atomic mass is 10.0. The van der Waals surface area contributed by atoms with Gasteiger partial charge in [-0.3, -0.25) is 0 Å². The van der Waals surface area contributed by atoms with Crippen LogP contribution in [0.25, 0.3) is 5.65 Å². The zero-order chi connectivity index (χ0) is 19.4. The van der Waals surface area contributed by atoms with Gasteiger partial charge in [-0.2, -0.15) is 5.10 Å². The van der Waals surface area contributed by atoms with E-state index < -0.39 is 0 Å². The number of aryl methyl sites for hydroxylation is 1. The van der Waals surface area contributed by atoms with Gasteiger partial charge in [-0.15, -0.1) is 0 Å². The Balaban J connectivity index is 1.78. The summed E-state index contributed by atoms with van der Waals surface area (Å²) >= 11 is 0. The monoisotopic (exact) mass is 369 g/mol. The number of pyridine rings is 1. The fourth-order valence-electron chi connectivity index (χ4n) is 3.13. The van der Waals surface area contributed by atoms with Gasteiger partial charge in [-0.05, 0) is 24.1 Å². The summed E-state index contributed by atoms with van der Waals surface area (Å²) in [4.78, 5) is 4.65. The fraction of sp³-hybridized carbons (Fsp3) is 0.429. The normalized spacial score (nSPS) is 13.9. The predicted octanol–water partition coefficient (Wildman–Crippen LogP) is 3.94. The molecule has 3 aromatic rings. The molecule has 27 heavy (non-hydrogen) atoms. The summed E-state index contributed by atoms with van der Waals surface area (Å²) in [5.74, 6) is 1.68. The molecular formula is C21H27N3O3. The number of fused-ring (bicyclic) bond motifs is 1. The highest BCUT2D eigenvalue weighted by Gasteiger charge is 2.23. The maximum Gasteiger partial charge on any atom is 0.166 e. The molecule has 0 aliphatic rings. The molecule has 0 saturated carbocycles. The van der Waals surface area contributed by atoms with E-state index in [0.29, 0.717) is 18.3 Å². The molecule has 0 aliphatic heterocycles. The van der Waals surface area contributed by atoms with E-state index in [-0.39, 0.29) is 12.2 Å². The van der Waals surface area contributed by atoms with Crippen LogP contribution in [0.3, 0.4) is 0 Å². The van der Waals surface area contributed by atoms with E-state index in [9.17, 15) is 0 Å². The standard InChI is InChI=1S/C21H27N3O3/c1-14-11-18(27-13-15(2)17-9-7-6-8-10-17)12-24-20(14)22-19(23-24)16(3)21(25-4)26-5/h6-12,15-16,21H,13H2,1-5H3. The third kappa shape index (κ3) is 4.28. The van der Waals surface area contributed by atoms with Crippen LogP contribution < -0.4 is 4.74 Å². The van der Waals surface area contributed by atoms with Crippen LogP contribution in [0.1, 0.15) is 42.6 Å². The Hall–Kier alpha value is -2.44. The third-order valence-corrected chi connectivity index (χ3v) is 4.76. The maximum absolute atomic E-state index is 6.03. The maximum atomic E-state index is 6.03. The Labute approximate surface area is 160 Å². The first-order chi connectivity index (χ1) is 13.0. The molecule has 2 atom stereocenters. The molecule has 2 heterocycles. The van der Waals surface area contributed by atoms with Crippen molar-refractivity contribution in [2.45, 2.75) is 38.9 Å². The first-order valence-electron chi connectivity index (χ1n) is 9.13. The topological polar surface area (TPSA) is 57.9 Å². The number of benzene rings is 1. The number of methoxy groups -OCH3 is 2. The lowest BCUT2D eigenvalue weighted by molar-refractivity contribution is -0.116. The molecule has 144 valence electrons. The summed E-state index contributed by atoms with van der Waals surface area (Å²) in [6.45, 7) is 6.75.